The molecule has 0 aromatic carbocycles. The molecule has 1 aromatic rings. The number of nitrogen functional groups attached to an aromatic ring is 1. The summed E-state index contributed by atoms with van der Waals surface area (Å²) < 4.78 is 27.5. The molecular formula is C9H13N4O7P. The van der Waals surface area contributed by atoms with Crippen LogP contribution in [-0.2, 0) is 18.3 Å². The van der Waals surface area contributed by atoms with Gasteiger partial charge in [0, 0.05) is 0 Å². The summed E-state index contributed by atoms with van der Waals surface area (Å²) in [6.07, 6.45) is -2.96. The molecule has 21 heavy (non-hydrogen) atoms. The third kappa shape index (κ3) is 2.33. The molecule has 12 heteroatoms. The number of amides is 1. The standard InChI is InChI=1S/C9H13N4O7P/c10-7-4(8(11)15)12-2-13(7)9-5(14)6-3(19-9)1-18-21(16,17)20-6/h2-3,5-6,9,14H,1,10H2,(H2,11,15)(H,16,17)/t3?,5-,6-,9-/m1/s1. The molecule has 2 aliphatic rings. The average Bonchev–Trinajstić information content (AvgIpc) is 2.90. The Morgan fingerprint density at radius 2 is 2.29 bits per heavy atom. The molecule has 2 aliphatic heterocycles. The lowest BCUT2D eigenvalue weighted by Crippen LogP contribution is -2.39. The molecule has 0 radical (unpaired) electrons. The van der Waals surface area contributed by atoms with Crippen molar-refractivity contribution in [1.82, 2.24) is 9.55 Å². The van der Waals surface area contributed by atoms with E-state index in [2.05, 4.69) is 9.51 Å². The van der Waals surface area contributed by atoms with Gasteiger partial charge in [0.1, 0.15) is 24.1 Å². The van der Waals surface area contributed by atoms with Crippen LogP contribution >= 0.6 is 7.82 Å². The number of phosphoric ester groups is 1. The highest BCUT2D eigenvalue weighted by atomic mass is 31.2. The van der Waals surface area contributed by atoms with E-state index < -0.39 is 38.3 Å². The van der Waals surface area contributed by atoms with Crippen molar-refractivity contribution in [2.45, 2.75) is 24.5 Å². The van der Waals surface area contributed by atoms with E-state index in [1.54, 1.807) is 0 Å². The summed E-state index contributed by atoms with van der Waals surface area (Å²) in [7, 11) is -4.20. The van der Waals surface area contributed by atoms with Crippen molar-refractivity contribution in [3.8, 4) is 0 Å². The van der Waals surface area contributed by atoms with Gasteiger partial charge in [0.05, 0.1) is 12.9 Å². The predicted octanol–water partition coefficient (Wildman–Crippen LogP) is -1.66. The zero-order chi connectivity index (χ0) is 15.4. The Morgan fingerprint density at radius 3 is 2.90 bits per heavy atom. The number of carbonyl (C=O) groups is 1. The van der Waals surface area contributed by atoms with Crippen molar-refractivity contribution in [3.63, 3.8) is 0 Å². The Balaban J connectivity index is 1.88. The number of aromatic nitrogens is 2. The summed E-state index contributed by atoms with van der Waals surface area (Å²) >= 11 is 0. The maximum atomic E-state index is 11.4. The first-order valence-electron chi connectivity index (χ1n) is 5.91. The summed E-state index contributed by atoms with van der Waals surface area (Å²) in [5, 5.41) is 10.2. The second kappa shape index (κ2) is 4.77. The lowest BCUT2D eigenvalue weighted by Gasteiger charge is -2.27. The van der Waals surface area contributed by atoms with Crippen LogP contribution in [0.1, 0.15) is 16.7 Å². The van der Waals surface area contributed by atoms with Crippen molar-refractivity contribution in [3.05, 3.63) is 12.0 Å². The molecule has 3 rings (SSSR count). The number of hydrogen-bond acceptors (Lipinski definition) is 8. The van der Waals surface area contributed by atoms with E-state index in [0.717, 1.165) is 0 Å². The highest BCUT2D eigenvalue weighted by Crippen LogP contribution is 2.52. The first kappa shape index (κ1) is 14.4. The van der Waals surface area contributed by atoms with Gasteiger partial charge in [-0.05, 0) is 0 Å². The molecule has 6 N–H and O–H groups in total. The Kier molecular flexibility index (Phi) is 3.28. The summed E-state index contributed by atoms with van der Waals surface area (Å²) in [6.45, 7) is -0.219. The molecule has 1 amide bonds. The van der Waals surface area contributed by atoms with Crippen molar-refractivity contribution in [1.29, 1.82) is 0 Å². The van der Waals surface area contributed by atoms with Crippen molar-refractivity contribution < 1.29 is 33.1 Å². The topological polar surface area (TPSA) is 172 Å². The number of carbonyl (C=O) groups excluding carboxylic acids is 1. The van der Waals surface area contributed by atoms with Gasteiger partial charge in [-0.15, -0.1) is 0 Å². The van der Waals surface area contributed by atoms with Gasteiger partial charge in [0.2, 0.25) is 0 Å². The van der Waals surface area contributed by atoms with Gasteiger partial charge in [0.25, 0.3) is 5.91 Å². The summed E-state index contributed by atoms with van der Waals surface area (Å²) in [6, 6.07) is 0. The minimum Gasteiger partial charge on any atom is -0.386 e. The van der Waals surface area contributed by atoms with Gasteiger partial charge >= 0.3 is 7.82 Å². The van der Waals surface area contributed by atoms with E-state index in [1.165, 1.54) is 10.9 Å². The third-order valence-corrected chi connectivity index (χ3v) is 4.29. The number of fused-ring (bicyclic) bond motifs is 1. The molecule has 0 saturated carbocycles. The lowest BCUT2D eigenvalue weighted by molar-refractivity contribution is -0.0668. The Bertz CT molecular complexity index is 634. The molecule has 2 unspecified atom stereocenters. The van der Waals surface area contributed by atoms with Crippen LogP contribution in [0.4, 0.5) is 5.82 Å². The van der Waals surface area contributed by atoms with Crippen LogP contribution in [0, 0.1) is 0 Å². The third-order valence-electron chi connectivity index (χ3n) is 3.31. The second-order valence-corrected chi connectivity index (χ2v) is 6.05. The van der Waals surface area contributed by atoms with Crippen LogP contribution < -0.4 is 11.5 Å². The first-order chi connectivity index (χ1) is 9.80. The fourth-order valence-electron chi connectivity index (χ4n) is 2.33. The van der Waals surface area contributed by atoms with E-state index in [4.69, 9.17) is 20.7 Å². The fourth-order valence-corrected chi connectivity index (χ4v) is 3.29. The smallest absolute Gasteiger partial charge is 0.386 e. The summed E-state index contributed by atoms with van der Waals surface area (Å²) in [5.74, 6) is -0.908. The molecule has 0 bridgehead atoms. The molecule has 3 heterocycles. The largest absolute Gasteiger partial charge is 0.472 e. The quantitative estimate of drug-likeness (QED) is 0.465. The van der Waals surface area contributed by atoms with E-state index in [-0.39, 0.29) is 18.1 Å². The molecule has 2 saturated heterocycles. The van der Waals surface area contributed by atoms with Crippen LogP contribution in [-0.4, -0.2) is 50.4 Å². The number of nitrogens with two attached hydrogens (primary N) is 2. The van der Waals surface area contributed by atoms with E-state index >= 15 is 0 Å². The molecule has 0 aliphatic carbocycles. The zero-order valence-corrected chi connectivity index (χ0v) is 11.4. The van der Waals surface area contributed by atoms with Crippen molar-refractivity contribution in [2.24, 2.45) is 5.73 Å². The van der Waals surface area contributed by atoms with Crippen LogP contribution in [0.2, 0.25) is 0 Å². The summed E-state index contributed by atoms with van der Waals surface area (Å²) in [4.78, 5) is 24.1. The Hall–Kier alpha value is -1.49. The number of imidazole rings is 1. The van der Waals surface area contributed by atoms with Gasteiger partial charge in [-0.25, -0.2) is 9.55 Å². The Labute approximate surface area is 118 Å². The monoisotopic (exact) mass is 320 g/mol. The fraction of sp³-hybridized carbons (Fsp3) is 0.556. The minimum absolute atomic E-state index is 0.0849. The van der Waals surface area contributed by atoms with Crippen molar-refractivity contribution in [2.75, 3.05) is 12.3 Å². The maximum absolute atomic E-state index is 11.4. The number of aliphatic hydroxyl groups excluding tert-OH is 1. The van der Waals surface area contributed by atoms with Gasteiger partial charge in [-0.2, -0.15) is 0 Å². The number of rotatable bonds is 2. The number of ether oxygens (including phenoxy) is 1. The summed E-state index contributed by atoms with van der Waals surface area (Å²) in [5.41, 5.74) is 10.7. The SMILES string of the molecule is NC(=O)c1ncn([C@@H]2OC3COP(=O)(O)O[C@H]3[C@H]2O)c1N. The number of anilines is 1. The molecule has 2 fully saturated rings. The highest BCUT2D eigenvalue weighted by Gasteiger charge is 2.52. The molecule has 116 valence electrons. The van der Waals surface area contributed by atoms with Gasteiger partial charge in [-0.3, -0.25) is 18.4 Å². The average molecular weight is 320 g/mol. The lowest BCUT2D eigenvalue weighted by atomic mass is 10.1. The van der Waals surface area contributed by atoms with Gasteiger partial charge < -0.3 is 26.2 Å². The molecular weight excluding hydrogens is 307 g/mol. The van der Waals surface area contributed by atoms with E-state index in [9.17, 15) is 19.4 Å². The number of primary amides is 1. The maximum Gasteiger partial charge on any atom is 0.472 e. The van der Waals surface area contributed by atoms with Crippen LogP contribution in [0.3, 0.4) is 0 Å². The Morgan fingerprint density at radius 1 is 1.57 bits per heavy atom. The normalized spacial score (nSPS) is 39.1. The van der Waals surface area contributed by atoms with E-state index in [0.29, 0.717) is 0 Å². The van der Waals surface area contributed by atoms with Gasteiger partial charge in [-0.1, -0.05) is 0 Å². The first-order valence-corrected chi connectivity index (χ1v) is 7.41. The number of phosphoric acid groups is 1. The minimum atomic E-state index is -4.20. The van der Waals surface area contributed by atoms with Crippen LogP contribution in [0.25, 0.3) is 0 Å². The highest BCUT2D eigenvalue weighted by molar-refractivity contribution is 7.47. The molecule has 5 atom stereocenters. The van der Waals surface area contributed by atoms with Crippen molar-refractivity contribution >= 4 is 19.5 Å². The number of nitrogens with zero attached hydrogens (tertiary/aromatic N) is 2. The van der Waals surface area contributed by atoms with Gasteiger partial charge in [0.15, 0.2) is 11.9 Å². The second-order valence-electron chi connectivity index (χ2n) is 4.64. The zero-order valence-electron chi connectivity index (χ0n) is 10.5. The number of hydrogen-bond donors (Lipinski definition) is 4. The molecule has 11 nitrogen and oxygen atoms in total. The number of aliphatic hydroxyl groups is 1. The predicted molar refractivity (Wildman–Crippen MR) is 65.7 cm³/mol. The molecule has 1 aromatic heterocycles. The van der Waals surface area contributed by atoms with E-state index in [1.807, 2.05) is 0 Å². The van der Waals surface area contributed by atoms with Crippen LogP contribution in [0.5, 0.6) is 0 Å². The molecule has 0 spiro atoms. The van der Waals surface area contributed by atoms with Crippen LogP contribution in [0.15, 0.2) is 6.33 Å².